The summed E-state index contributed by atoms with van der Waals surface area (Å²) in [6.45, 7) is 6.35. The number of nitrogens with zero attached hydrogens (tertiary/aromatic N) is 2. The van der Waals surface area contributed by atoms with Crippen LogP contribution in [0.5, 0.6) is 5.75 Å². The van der Waals surface area contributed by atoms with Crippen LogP contribution >= 0.6 is 0 Å². The highest BCUT2D eigenvalue weighted by atomic mass is 16.5. The van der Waals surface area contributed by atoms with Crippen LogP contribution < -0.4 is 15.9 Å². The smallest absolute Gasteiger partial charge is 0.341 e. The second-order valence-electron chi connectivity index (χ2n) is 9.93. The third-order valence-corrected chi connectivity index (χ3v) is 6.75. The van der Waals surface area contributed by atoms with Gasteiger partial charge >= 0.3 is 5.97 Å². The van der Waals surface area contributed by atoms with Crippen molar-refractivity contribution in [2.24, 2.45) is 16.1 Å². The monoisotopic (exact) mass is 449 g/mol. The first-order chi connectivity index (χ1) is 15.6. The van der Waals surface area contributed by atoms with Crippen molar-refractivity contribution in [3.05, 3.63) is 57.5 Å². The number of fused-ring (bicyclic) bond motifs is 3. The number of carbonyl (C=O) groups is 1. The highest BCUT2D eigenvalue weighted by Crippen LogP contribution is 2.45. The first-order valence-corrected chi connectivity index (χ1v) is 11.3. The SMILES string of the molecule is COc1cc2c(cc1C(C=NC1CCC1)=CN)CC(C(C)(C)C)n1cc(C(=O)O)c(=O)cc1-2. The number of rotatable bonds is 5. The van der Waals surface area contributed by atoms with E-state index in [0.29, 0.717) is 23.9 Å². The molecule has 1 fully saturated rings. The molecule has 0 spiro atoms. The molecule has 0 amide bonds. The van der Waals surface area contributed by atoms with Gasteiger partial charge in [0, 0.05) is 53.5 Å². The van der Waals surface area contributed by atoms with Crippen molar-refractivity contribution >= 4 is 17.8 Å². The van der Waals surface area contributed by atoms with Gasteiger partial charge in [-0.3, -0.25) is 9.79 Å². The number of aromatic nitrogens is 1. The van der Waals surface area contributed by atoms with E-state index < -0.39 is 11.4 Å². The number of aromatic carboxylic acids is 1. The Morgan fingerprint density at radius 2 is 1.97 bits per heavy atom. The Hall–Kier alpha value is -3.35. The molecule has 7 nitrogen and oxygen atoms in total. The number of pyridine rings is 1. The molecular formula is C26H31N3O4. The number of hydrogen-bond donors (Lipinski definition) is 2. The molecule has 3 N–H and O–H groups in total. The highest BCUT2D eigenvalue weighted by molar-refractivity contribution is 6.11. The van der Waals surface area contributed by atoms with E-state index in [-0.39, 0.29) is 17.0 Å². The van der Waals surface area contributed by atoms with Crippen LogP contribution in [0.4, 0.5) is 0 Å². The number of carboxylic acid groups (broad SMARTS) is 1. The van der Waals surface area contributed by atoms with Crippen molar-refractivity contribution in [3.8, 4) is 17.0 Å². The number of hydrogen-bond acceptors (Lipinski definition) is 5. The Morgan fingerprint density at radius 1 is 1.24 bits per heavy atom. The fraction of sp³-hybridized carbons (Fsp3) is 0.423. The van der Waals surface area contributed by atoms with Crippen molar-refractivity contribution in [2.75, 3.05) is 7.11 Å². The number of benzene rings is 1. The average molecular weight is 450 g/mol. The lowest BCUT2D eigenvalue weighted by Crippen LogP contribution is -2.32. The van der Waals surface area contributed by atoms with Gasteiger partial charge in [-0.05, 0) is 48.8 Å². The molecule has 2 aliphatic rings. The summed E-state index contributed by atoms with van der Waals surface area (Å²) in [4.78, 5) is 28.9. The van der Waals surface area contributed by atoms with Gasteiger partial charge in [0.15, 0.2) is 5.43 Å². The van der Waals surface area contributed by atoms with Gasteiger partial charge in [-0.1, -0.05) is 20.8 Å². The molecule has 1 aromatic heterocycles. The Kier molecular flexibility index (Phi) is 5.91. The van der Waals surface area contributed by atoms with E-state index in [1.165, 1.54) is 18.7 Å². The van der Waals surface area contributed by atoms with Crippen LogP contribution in [-0.2, 0) is 6.42 Å². The van der Waals surface area contributed by atoms with Gasteiger partial charge in [-0.2, -0.15) is 0 Å². The number of nitrogens with two attached hydrogens (primary N) is 1. The molecule has 1 atom stereocenters. The van der Waals surface area contributed by atoms with Gasteiger partial charge in [0.2, 0.25) is 0 Å². The van der Waals surface area contributed by atoms with Gasteiger partial charge in [0.05, 0.1) is 12.8 Å². The Labute approximate surface area is 193 Å². The molecule has 2 aromatic rings. The molecule has 1 aromatic carbocycles. The van der Waals surface area contributed by atoms with Crippen LogP contribution in [0.15, 0.2) is 40.4 Å². The van der Waals surface area contributed by atoms with Crippen LogP contribution in [0, 0.1) is 5.41 Å². The maximum Gasteiger partial charge on any atom is 0.341 e. The van der Waals surface area contributed by atoms with E-state index in [1.807, 2.05) is 16.8 Å². The molecule has 0 radical (unpaired) electrons. The van der Waals surface area contributed by atoms with Crippen molar-refractivity contribution in [2.45, 2.75) is 58.5 Å². The first-order valence-electron chi connectivity index (χ1n) is 11.3. The summed E-state index contributed by atoms with van der Waals surface area (Å²) in [7, 11) is 1.60. The van der Waals surface area contributed by atoms with E-state index >= 15 is 0 Å². The number of methoxy groups -OCH3 is 1. The Morgan fingerprint density at radius 3 is 2.52 bits per heavy atom. The molecular weight excluding hydrogens is 418 g/mol. The van der Waals surface area contributed by atoms with Gasteiger partial charge < -0.3 is 20.1 Å². The van der Waals surface area contributed by atoms with E-state index in [0.717, 1.165) is 35.1 Å². The maximum absolute atomic E-state index is 12.6. The summed E-state index contributed by atoms with van der Waals surface area (Å²) in [5.74, 6) is -0.591. The number of aliphatic imine (C=N–C) groups is 1. The Bertz CT molecular complexity index is 1210. The molecule has 1 aliphatic carbocycles. The zero-order chi connectivity index (χ0) is 23.9. The van der Waals surface area contributed by atoms with Crippen LogP contribution in [0.3, 0.4) is 0 Å². The minimum Gasteiger partial charge on any atom is -0.496 e. The topological polar surface area (TPSA) is 107 Å². The van der Waals surface area contributed by atoms with Crippen molar-refractivity contribution < 1.29 is 14.6 Å². The summed E-state index contributed by atoms with van der Waals surface area (Å²) in [6, 6.07) is 5.73. The lowest BCUT2D eigenvalue weighted by molar-refractivity contribution is 0.0693. The van der Waals surface area contributed by atoms with E-state index in [4.69, 9.17) is 10.5 Å². The van der Waals surface area contributed by atoms with Gasteiger partial charge in [0.1, 0.15) is 11.3 Å². The summed E-state index contributed by atoms with van der Waals surface area (Å²) >= 11 is 0. The third-order valence-electron chi connectivity index (χ3n) is 6.75. The van der Waals surface area contributed by atoms with Crippen LogP contribution in [0.2, 0.25) is 0 Å². The minimum absolute atomic E-state index is 0.0334. The lowest BCUT2D eigenvalue weighted by atomic mass is 9.78. The quantitative estimate of drug-likeness (QED) is 0.662. The zero-order valence-electron chi connectivity index (χ0n) is 19.6. The summed E-state index contributed by atoms with van der Waals surface area (Å²) < 4.78 is 7.64. The maximum atomic E-state index is 12.6. The summed E-state index contributed by atoms with van der Waals surface area (Å²) in [5.41, 5.74) is 9.33. The standard InChI is InChI=1S/C26H31N3O4/c1-26(2,3)24-9-15-8-19(16(12-27)13-28-17-6-5-7-17)23(33-4)10-18(15)21-11-22(30)20(25(31)32)14-29(21)24/h8,10-14,17,24H,5-7,9,27H2,1-4H3,(H,31,32). The fourth-order valence-corrected chi connectivity index (χ4v) is 4.56. The fourth-order valence-electron chi connectivity index (χ4n) is 4.56. The normalized spacial score (nSPS) is 18.5. The Balaban J connectivity index is 1.89. The van der Waals surface area contributed by atoms with E-state index in [1.54, 1.807) is 13.3 Å². The minimum atomic E-state index is -1.22. The predicted molar refractivity (Wildman–Crippen MR) is 130 cm³/mol. The van der Waals surface area contributed by atoms with E-state index in [2.05, 4.69) is 31.8 Å². The van der Waals surface area contributed by atoms with Crippen LogP contribution in [0.1, 0.15) is 67.6 Å². The predicted octanol–water partition coefficient (Wildman–Crippen LogP) is 4.29. The second kappa shape index (κ2) is 8.54. The third kappa shape index (κ3) is 4.19. The lowest BCUT2D eigenvalue weighted by Gasteiger charge is -2.39. The zero-order valence-corrected chi connectivity index (χ0v) is 19.6. The molecule has 0 bridgehead atoms. The molecule has 1 aliphatic heterocycles. The molecule has 4 rings (SSSR count). The van der Waals surface area contributed by atoms with Crippen molar-refractivity contribution in [1.29, 1.82) is 0 Å². The largest absolute Gasteiger partial charge is 0.496 e. The molecule has 2 heterocycles. The number of allylic oxidation sites excluding steroid dienone is 1. The van der Waals surface area contributed by atoms with Crippen molar-refractivity contribution in [3.63, 3.8) is 0 Å². The summed E-state index contributed by atoms with van der Waals surface area (Å²) in [6.07, 6.45) is 8.96. The van der Waals surface area contributed by atoms with E-state index in [9.17, 15) is 14.7 Å². The molecule has 1 saturated carbocycles. The van der Waals surface area contributed by atoms with Crippen LogP contribution in [-0.4, -0.2) is 35.0 Å². The first kappa shape index (κ1) is 22.8. The number of ether oxygens (including phenoxy) is 1. The molecule has 174 valence electrons. The van der Waals surface area contributed by atoms with Crippen LogP contribution in [0.25, 0.3) is 16.8 Å². The summed E-state index contributed by atoms with van der Waals surface area (Å²) in [5, 5.41) is 9.51. The molecule has 33 heavy (non-hydrogen) atoms. The number of carboxylic acids is 1. The molecule has 7 heteroatoms. The van der Waals surface area contributed by atoms with Crippen molar-refractivity contribution in [1.82, 2.24) is 4.57 Å². The van der Waals surface area contributed by atoms with Gasteiger partial charge in [-0.15, -0.1) is 0 Å². The average Bonchev–Trinajstić information content (AvgIpc) is 2.72. The molecule has 1 unspecified atom stereocenters. The van der Waals surface area contributed by atoms with Gasteiger partial charge in [-0.25, -0.2) is 4.79 Å². The molecule has 0 saturated heterocycles. The van der Waals surface area contributed by atoms with Gasteiger partial charge in [0.25, 0.3) is 0 Å². The second-order valence-corrected chi connectivity index (χ2v) is 9.93. The highest BCUT2D eigenvalue weighted by Gasteiger charge is 2.34.